The van der Waals surface area contributed by atoms with Crippen LogP contribution in [0.1, 0.15) is 284 Å². The van der Waals surface area contributed by atoms with E-state index in [1.165, 1.54) is 71.2 Å². The molecular weight excluding hydrogens is 2110 g/mol. The van der Waals surface area contributed by atoms with Gasteiger partial charge in [-0.25, -0.2) is 63.1 Å². The monoisotopic (exact) mass is 2280 g/mol. The standard InChI is InChI=1S/C25H39N3O6S.C15H21BrN2O4.C12H21NO3S.C11H14N4S.C11H21NO5S.C10H15N3S.C10H19NO3.C10H19NO2S/c1-23(2,3)32-20(29)27-14-10-11-17(27)16-35-18-12-13-26-19(15-18)28(21(30)33-24(4,5)6)22(31)34-25(7,8)9;1-14(2,3)21-12(19)18(13(20)22-15(4,5)6)11-9-10(16)7-8-17-11;1-9(14)17-8-10-6-5-7-13(10)11(15)16-12(2,3)4;12-8-15-5-1-2-9(15)7-16-10-3-4-14-11(13)6-10;1-11(2,3)17-10(13)12-7-5-6-9(12)8-16-18(4,14)15;11-10-6-9(3-5-13-10)14-7-8-2-1-4-12-8;1-10(2,3)14-9(13)11-6-4-5-8(11)7-12;1-10(2,3)13-9(12)11-6-4-5-8(11)7-14/h12-13,15,17H,10-11,14,16H2,1-9H3;7-9H,1-6H3;10H,5-8H2,1-4H3;3-4,6,9H,1-2,5,7H2,(H2,13,14);9H,5-8H2,1-4H3;3,5-6,8,12H,1-2,4,7H2,(H2,11,13);8,12H,4-7H2,1-3H3;8,14H,4-7H2,1-3H3/t17-;;10-;2*9-;3*8-/m0.000000/s1. The van der Waals surface area contributed by atoms with Crippen molar-refractivity contribution in [3.8, 4) is 6.19 Å². The van der Waals surface area contributed by atoms with E-state index in [9.17, 15) is 56.4 Å². The number of pyridine rings is 4. The number of nitrogens with two attached hydrogens (primary N) is 2. The van der Waals surface area contributed by atoms with Crippen molar-refractivity contribution < 1.29 is 108 Å². The second-order valence-electron chi connectivity index (χ2n) is 45.4. The first-order valence-electron chi connectivity index (χ1n) is 50.7. The first-order chi connectivity index (χ1) is 69.2. The quantitative estimate of drug-likeness (QED) is 0.0203. The van der Waals surface area contributed by atoms with E-state index in [2.05, 4.69) is 60.0 Å². The number of thioether (sulfide) groups is 4. The largest absolute Gasteiger partial charge is 0.444 e. The number of likely N-dealkylation sites (tertiary alicyclic amines) is 6. The number of amides is 9. The summed E-state index contributed by atoms with van der Waals surface area (Å²) < 4.78 is 75.4. The van der Waals surface area contributed by atoms with Crippen molar-refractivity contribution in [2.75, 3.05) is 115 Å². The number of nitrogen functional groups attached to an aromatic ring is 2. The van der Waals surface area contributed by atoms with Gasteiger partial charge in [-0.3, -0.25) is 8.98 Å². The van der Waals surface area contributed by atoms with Crippen LogP contribution in [-0.4, -0.2) is 310 Å². The molecule has 0 aromatic carbocycles. The predicted molar refractivity (Wildman–Crippen MR) is 597 cm³/mol. The number of aromatic nitrogens is 4. The molecule has 4 aromatic heterocycles. The zero-order chi connectivity index (χ0) is 113. The van der Waals surface area contributed by atoms with E-state index in [1.807, 2.05) is 124 Å². The van der Waals surface area contributed by atoms with E-state index in [0.29, 0.717) is 59.3 Å². The summed E-state index contributed by atoms with van der Waals surface area (Å²) in [4.78, 5) is 152. The smallest absolute Gasteiger partial charge is 0.425 e. The summed E-state index contributed by atoms with van der Waals surface area (Å²) in [6.07, 6.45) is 18.9. The van der Waals surface area contributed by atoms with Crippen LogP contribution >= 0.6 is 75.6 Å². The van der Waals surface area contributed by atoms with Gasteiger partial charge in [0.2, 0.25) is 0 Å². The van der Waals surface area contributed by atoms with Gasteiger partial charge in [-0.05, 0) is 332 Å². The third kappa shape index (κ3) is 55.2. The predicted octanol–water partition coefficient (Wildman–Crippen LogP) is 21.7. The summed E-state index contributed by atoms with van der Waals surface area (Å²) in [5.41, 5.74) is 5.67. The number of imide groups is 2. The number of ether oxygens (including phenoxy) is 9. The molecule has 7 aliphatic heterocycles. The molecule has 6 N–H and O–H groups in total. The molecule has 0 saturated carbocycles. The maximum atomic E-state index is 12.9. The molecule has 7 fully saturated rings. The third-order valence-corrected chi connectivity index (χ3v) is 27.0. The number of nitrogens with zero attached hydrogens (tertiary/aromatic N) is 13. The Balaban J connectivity index is 0.000000365. The third-order valence-electron chi connectivity index (χ3n) is 21.1. The van der Waals surface area contributed by atoms with Crippen molar-refractivity contribution in [2.45, 2.75) is 391 Å². The molecule has 11 rings (SSSR count). The Hall–Kier alpha value is -8.95. The van der Waals surface area contributed by atoms with Gasteiger partial charge in [-0.1, -0.05) is 27.7 Å². The van der Waals surface area contributed by atoms with Gasteiger partial charge in [0, 0.05) is 149 Å². The molecule has 0 unspecified atom stereocenters. The molecule has 46 heteroatoms. The minimum Gasteiger partial charge on any atom is -0.444 e. The number of aliphatic hydroxyl groups is 1. The highest BCUT2D eigenvalue weighted by molar-refractivity contribution is 9.10. The lowest BCUT2D eigenvalue weighted by Gasteiger charge is -2.29. The highest BCUT2D eigenvalue weighted by atomic mass is 79.9. The summed E-state index contributed by atoms with van der Waals surface area (Å²) in [6, 6.07) is 15.6. The van der Waals surface area contributed by atoms with Gasteiger partial charge >= 0.3 is 54.8 Å². The average Bonchev–Trinajstić information content (AvgIpc) is 1.34. The van der Waals surface area contributed by atoms with E-state index in [4.69, 9.17) is 68.7 Å². The summed E-state index contributed by atoms with van der Waals surface area (Å²) in [5.74, 6) is 5.49. The number of rotatable bonds is 18. The summed E-state index contributed by atoms with van der Waals surface area (Å²) in [7, 11) is -3.47. The van der Waals surface area contributed by atoms with Crippen LogP contribution in [0.5, 0.6) is 0 Å². The van der Waals surface area contributed by atoms with E-state index in [-0.39, 0.29) is 84.5 Å². The lowest BCUT2D eigenvalue weighted by atomic mass is 10.2. The fourth-order valence-electron chi connectivity index (χ4n) is 14.8. The van der Waals surface area contributed by atoms with Crippen molar-refractivity contribution in [2.24, 2.45) is 0 Å². The Morgan fingerprint density at radius 2 is 0.733 bits per heavy atom. The molecule has 846 valence electrons. The highest BCUT2D eigenvalue weighted by Crippen LogP contribution is 2.35. The number of halogens is 1. The Labute approximate surface area is 921 Å². The number of thiol groups is 1. The second-order valence-corrected chi connectivity index (χ2v) is 52.8. The number of aliphatic hydroxyl groups excluding tert-OH is 1. The molecule has 4 aromatic rings. The number of carbonyl (C=O) groups excluding carboxylic acids is 10. The molecule has 0 radical (unpaired) electrons. The van der Waals surface area contributed by atoms with Crippen LogP contribution in [0.4, 0.5) is 66.4 Å². The molecule has 11 heterocycles. The number of carbonyl (C=O) groups is 10. The van der Waals surface area contributed by atoms with Gasteiger partial charge in [0.05, 0.1) is 31.6 Å². The molecule has 0 spiro atoms. The van der Waals surface area contributed by atoms with E-state index >= 15 is 0 Å². The number of anilines is 4. The number of nitriles is 1. The molecule has 39 nitrogen and oxygen atoms in total. The molecule has 7 saturated heterocycles. The topological polar surface area (TPSA) is 483 Å². The lowest BCUT2D eigenvalue weighted by Crippen LogP contribution is -2.44. The van der Waals surface area contributed by atoms with Crippen molar-refractivity contribution in [3.63, 3.8) is 0 Å². The van der Waals surface area contributed by atoms with Gasteiger partial charge in [0.15, 0.2) is 11.3 Å². The molecule has 150 heavy (non-hydrogen) atoms. The number of hydrogen-bond donors (Lipinski definition) is 5. The summed E-state index contributed by atoms with van der Waals surface area (Å²) in [6.45, 7) is 55.4. The van der Waals surface area contributed by atoms with Crippen LogP contribution in [0.15, 0.2) is 92.5 Å². The molecule has 0 aliphatic carbocycles. The highest BCUT2D eigenvalue weighted by Gasteiger charge is 2.41. The maximum absolute atomic E-state index is 12.9. The number of hydrogen-bond acceptors (Lipinski definition) is 37. The van der Waals surface area contributed by atoms with Crippen molar-refractivity contribution in [3.05, 3.63) is 77.8 Å². The summed E-state index contributed by atoms with van der Waals surface area (Å²) >= 11 is 13.9. The minimum absolute atomic E-state index is 0.00191. The maximum Gasteiger partial charge on any atom is 0.425 e. The van der Waals surface area contributed by atoms with Gasteiger partial charge < -0.3 is 93.9 Å². The van der Waals surface area contributed by atoms with Crippen LogP contribution in [0.3, 0.4) is 0 Å². The molecule has 0 bridgehead atoms. The Kier molecular flexibility index (Phi) is 54.6. The SMILES string of the molecule is CC(=O)SC[C@@H]1CCCN1C(=O)OC(C)(C)C.CC(C)(C)OC(=O)N(C(=O)OC(C)(C)C)c1cc(Br)ccn1.CC(C)(C)OC(=O)N(C(=O)OC(C)(C)C)c1cc(SC[C@@H]2CCCN2C(=O)OC(C)(C)C)ccn1.CC(C)(C)OC(=O)N1CCC[C@H]1CO.CC(C)(C)OC(=O)N1CCC[C@H]1COS(C)(=O)=O.CC(C)(C)OC(=O)N1CCC[C@H]1CS.N#CN1CCC[C@H]1CSc1ccnc(N)c1.Nc1cc(SC[C@@H]2CCCN2)ccn1. The molecule has 7 aliphatic rings. The molecular formula is C104H169BrN16O23S6. The van der Waals surface area contributed by atoms with Gasteiger partial charge in [0.1, 0.15) is 73.7 Å². The Morgan fingerprint density at radius 3 is 1.07 bits per heavy atom. The van der Waals surface area contributed by atoms with Crippen molar-refractivity contribution >= 4 is 169 Å². The van der Waals surface area contributed by atoms with Gasteiger partial charge in [0.25, 0.3) is 10.1 Å². The van der Waals surface area contributed by atoms with Crippen LogP contribution in [0.25, 0.3) is 0 Å². The Morgan fingerprint density at radius 1 is 0.427 bits per heavy atom. The van der Waals surface area contributed by atoms with Crippen molar-refractivity contribution in [1.82, 2.24) is 54.7 Å². The lowest BCUT2D eigenvalue weighted by molar-refractivity contribution is -0.109. The Bertz CT molecular complexity index is 5000. The van der Waals surface area contributed by atoms with Crippen LogP contribution < -0.4 is 26.6 Å². The van der Waals surface area contributed by atoms with Crippen LogP contribution in [0, 0.1) is 11.5 Å². The van der Waals surface area contributed by atoms with Gasteiger partial charge in [-0.15, -0.1) is 35.3 Å². The van der Waals surface area contributed by atoms with Crippen LogP contribution in [-0.2, 0) is 61.7 Å². The molecule has 9 amide bonds. The zero-order valence-electron chi connectivity index (χ0n) is 93.5. The molecule has 7 atom stereocenters. The zero-order valence-corrected chi connectivity index (χ0v) is 100. The van der Waals surface area contributed by atoms with Gasteiger partial charge in [-0.2, -0.15) is 36.1 Å². The van der Waals surface area contributed by atoms with E-state index in [1.54, 1.807) is 173 Å². The fourth-order valence-corrected chi connectivity index (χ4v) is 19.9. The average molecular weight is 2280 g/mol. The first-order valence-corrected chi connectivity index (χ1v) is 57.9. The fraction of sp³-hybridized carbons (Fsp3) is 0.702. The second kappa shape index (κ2) is 61.4. The van der Waals surface area contributed by atoms with E-state index in [0.717, 1.165) is 140 Å². The van der Waals surface area contributed by atoms with Crippen LogP contribution in [0.2, 0.25) is 0 Å². The van der Waals surface area contributed by atoms with E-state index < -0.39 is 91.0 Å². The minimum atomic E-state index is -3.47. The normalized spacial score (nSPS) is 18.8. The van der Waals surface area contributed by atoms with Crippen molar-refractivity contribution in [1.29, 1.82) is 5.26 Å². The first kappa shape index (κ1) is 133. The number of nitrogens with one attached hydrogen (secondary N) is 1. The summed E-state index contributed by atoms with van der Waals surface area (Å²) in [5, 5.41) is 21.5.